The number of rotatable bonds is 3. The van der Waals surface area contributed by atoms with Crippen LogP contribution < -0.4 is 0 Å². The van der Waals surface area contributed by atoms with Crippen molar-refractivity contribution in [3.63, 3.8) is 0 Å². The zero-order valence-corrected chi connectivity index (χ0v) is 16.6. The molecule has 5 heteroatoms. The van der Waals surface area contributed by atoms with Gasteiger partial charge in [0.15, 0.2) is 0 Å². The highest BCUT2D eigenvalue weighted by Crippen LogP contribution is 2.46. The van der Waals surface area contributed by atoms with Crippen molar-refractivity contribution < 1.29 is 9.59 Å². The molecule has 2 fully saturated rings. The van der Waals surface area contributed by atoms with Crippen LogP contribution in [0.4, 0.5) is 0 Å². The number of amides is 2. The summed E-state index contributed by atoms with van der Waals surface area (Å²) in [5, 5.41) is 1.18. The molecule has 0 radical (unpaired) electrons. The molecule has 1 aromatic heterocycles. The molecule has 148 valence electrons. The van der Waals surface area contributed by atoms with Crippen molar-refractivity contribution in [2.45, 2.75) is 19.8 Å². The molecule has 0 atom stereocenters. The zero-order chi connectivity index (χ0) is 20.0. The zero-order valence-electron chi connectivity index (χ0n) is 16.6. The average Bonchev–Trinajstić information content (AvgIpc) is 3.38. The molecule has 5 nitrogen and oxygen atoms in total. The number of para-hydroxylation sites is 1. The van der Waals surface area contributed by atoms with Crippen LogP contribution in [0.25, 0.3) is 22.0 Å². The van der Waals surface area contributed by atoms with E-state index in [-0.39, 0.29) is 17.2 Å². The van der Waals surface area contributed by atoms with Gasteiger partial charge in [0.1, 0.15) is 0 Å². The Morgan fingerprint density at radius 3 is 2.24 bits per heavy atom. The first-order valence-corrected chi connectivity index (χ1v) is 10.3. The fraction of sp³-hybridized carbons (Fsp3) is 0.333. The van der Waals surface area contributed by atoms with Crippen LogP contribution in [0.5, 0.6) is 0 Å². The molecule has 0 spiro atoms. The van der Waals surface area contributed by atoms with Gasteiger partial charge in [0.25, 0.3) is 5.91 Å². The summed E-state index contributed by atoms with van der Waals surface area (Å²) in [6.07, 6.45) is 4.00. The molecule has 0 unspecified atom stereocenters. The van der Waals surface area contributed by atoms with Crippen molar-refractivity contribution in [1.29, 1.82) is 0 Å². The molecular weight excluding hydrogens is 362 g/mol. The summed E-state index contributed by atoms with van der Waals surface area (Å²) < 4.78 is 0. The van der Waals surface area contributed by atoms with Crippen molar-refractivity contribution in [3.8, 4) is 11.1 Å². The summed E-state index contributed by atoms with van der Waals surface area (Å²) in [5.41, 5.74) is 3.90. The highest BCUT2D eigenvalue weighted by atomic mass is 16.2. The SMILES string of the molecule is CC1(C(=O)N2CCN(C(=O)c3ccc(-c4c[nH]c5ccccc45)cc3)CC2)CC1. The normalized spacial score (nSPS) is 18.1. The van der Waals surface area contributed by atoms with E-state index in [2.05, 4.69) is 17.1 Å². The van der Waals surface area contributed by atoms with Crippen LogP contribution in [0.2, 0.25) is 0 Å². The molecular formula is C24H25N3O2. The van der Waals surface area contributed by atoms with Gasteiger partial charge in [0, 0.05) is 59.8 Å². The summed E-state index contributed by atoms with van der Waals surface area (Å²) in [7, 11) is 0. The highest BCUT2D eigenvalue weighted by Gasteiger charge is 2.47. The number of carbonyl (C=O) groups excluding carboxylic acids is 2. The van der Waals surface area contributed by atoms with Gasteiger partial charge in [0.05, 0.1) is 0 Å². The molecule has 2 aliphatic rings. The largest absolute Gasteiger partial charge is 0.361 e. The summed E-state index contributed by atoms with van der Waals surface area (Å²) in [4.78, 5) is 32.5. The van der Waals surface area contributed by atoms with Gasteiger partial charge in [-0.2, -0.15) is 0 Å². The van der Waals surface area contributed by atoms with E-state index in [4.69, 9.17) is 0 Å². The van der Waals surface area contributed by atoms with Gasteiger partial charge in [-0.1, -0.05) is 37.3 Å². The summed E-state index contributed by atoms with van der Waals surface area (Å²) in [6, 6.07) is 16.0. The Morgan fingerprint density at radius 1 is 0.897 bits per heavy atom. The van der Waals surface area contributed by atoms with Gasteiger partial charge >= 0.3 is 0 Å². The Kier molecular flexibility index (Phi) is 4.19. The lowest BCUT2D eigenvalue weighted by Gasteiger charge is -2.36. The van der Waals surface area contributed by atoms with Crippen LogP contribution in [0.15, 0.2) is 54.7 Å². The van der Waals surface area contributed by atoms with Crippen LogP contribution in [0.1, 0.15) is 30.1 Å². The van der Waals surface area contributed by atoms with Crippen molar-refractivity contribution >= 4 is 22.7 Å². The predicted octanol–water partition coefficient (Wildman–Crippen LogP) is 3.92. The first-order chi connectivity index (χ1) is 14.0. The molecule has 29 heavy (non-hydrogen) atoms. The van der Waals surface area contributed by atoms with Gasteiger partial charge in [-0.15, -0.1) is 0 Å². The fourth-order valence-corrected chi connectivity index (χ4v) is 4.18. The summed E-state index contributed by atoms with van der Waals surface area (Å²) in [6.45, 7) is 4.51. The Bertz CT molecular complexity index is 1070. The summed E-state index contributed by atoms with van der Waals surface area (Å²) >= 11 is 0. The molecule has 2 heterocycles. The Morgan fingerprint density at radius 2 is 1.55 bits per heavy atom. The number of nitrogens with one attached hydrogen (secondary N) is 1. The maximum atomic E-state index is 12.9. The average molecular weight is 387 g/mol. The van der Waals surface area contributed by atoms with E-state index in [0.29, 0.717) is 31.7 Å². The third-order valence-electron chi connectivity index (χ3n) is 6.40. The van der Waals surface area contributed by atoms with Crippen molar-refractivity contribution in [2.75, 3.05) is 26.2 Å². The van der Waals surface area contributed by atoms with Crippen molar-refractivity contribution in [2.24, 2.45) is 5.41 Å². The van der Waals surface area contributed by atoms with Gasteiger partial charge < -0.3 is 14.8 Å². The molecule has 1 aliphatic carbocycles. The van der Waals surface area contributed by atoms with Crippen molar-refractivity contribution in [1.82, 2.24) is 14.8 Å². The first kappa shape index (κ1) is 18.0. The topological polar surface area (TPSA) is 56.4 Å². The minimum Gasteiger partial charge on any atom is -0.361 e. The smallest absolute Gasteiger partial charge is 0.253 e. The van der Waals surface area contributed by atoms with E-state index in [0.717, 1.165) is 29.5 Å². The molecule has 2 amide bonds. The van der Waals surface area contributed by atoms with Crippen molar-refractivity contribution in [3.05, 3.63) is 60.3 Å². The number of aromatic amines is 1. The maximum absolute atomic E-state index is 12.9. The lowest BCUT2D eigenvalue weighted by Crippen LogP contribution is -2.52. The standard InChI is InChI=1S/C24H25N3O2/c1-24(10-11-24)23(29)27-14-12-26(13-15-27)22(28)18-8-6-17(7-9-18)20-16-25-21-5-3-2-4-19(20)21/h2-9,16,25H,10-15H2,1H3. The minimum absolute atomic E-state index is 0.0419. The van der Waals surface area contributed by atoms with E-state index in [9.17, 15) is 9.59 Å². The number of piperazine rings is 1. The number of hydrogen-bond donors (Lipinski definition) is 1. The number of H-pyrrole nitrogens is 1. The highest BCUT2D eigenvalue weighted by molar-refractivity contribution is 5.98. The lowest BCUT2D eigenvalue weighted by atomic mass is 10.0. The Hall–Kier alpha value is -3.08. The Labute approximate surface area is 170 Å². The van der Waals surface area contributed by atoms with E-state index in [1.165, 1.54) is 5.39 Å². The number of benzene rings is 2. The number of carbonyl (C=O) groups is 2. The van der Waals surface area contributed by atoms with Crippen LogP contribution in [-0.2, 0) is 4.79 Å². The predicted molar refractivity (Wildman–Crippen MR) is 114 cm³/mol. The molecule has 1 saturated heterocycles. The third kappa shape index (κ3) is 3.20. The number of fused-ring (bicyclic) bond motifs is 1. The van der Waals surface area contributed by atoms with Gasteiger partial charge in [-0.25, -0.2) is 0 Å². The lowest BCUT2D eigenvalue weighted by molar-refractivity contribution is -0.137. The fourth-order valence-electron chi connectivity index (χ4n) is 4.18. The van der Waals surface area contributed by atoms with E-state index in [1.54, 1.807) is 0 Å². The molecule has 1 N–H and O–H groups in total. The van der Waals surface area contributed by atoms with E-state index < -0.39 is 0 Å². The maximum Gasteiger partial charge on any atom is 0.253 e. The quantitative estimate of drug-likeness (QED) is 0.741. The monoisotopic (exact) mass is 387 g/mol. The molecule has 2 aromatic carbocycles. The first-order valence-electron chi connectivity index (χ1n) is 10.3. The second-order valence-corrected chi connectivity index (χ2v) is 8.47. The molecule has 3 aromatic rings. The second kappa shape index (κ2) is 6.76. The number of aromatic nitrogens is 1. The third-order valence-corrected chi connectivity index (χ3v) is 6.40. The molecule has 1 aliphatic heterocycles. The van der Waals surface area contributed by atoms with Crippen LogP contribution in [0, 0.1) is 5.41 Å². The Balaban J connectivity index is 1.27. The van der Waals surface area contributed by atoms with Gasteiger partial charge in [0.2, 0.25) is 5.91 Å². The van der Waals surface area contributed by atoms with Gasteiger partial charge in [-0.3, -0.25) is 9.59 Å². The van der Waals surface area contributed by atoms with Crippen LogP contribution in [-0.4, -0.2) is 52.8 Å². The van der Waals surface area contributed by atoms with E-state index >= 15 is 0 Å². The minimum atomic E-state index is -0.135. The second-order valence-electron chi connectivity index (χ2n) is 8.47. The van der Waals surface area contributed by atoms with Crippen LogP contribution >= 0.6 is 0 Å². The molecule has 1 saturated carbocycles. The number of nitrogens with zero attached hydrogens (tertiary/aromatic N) is 2. The van der Waals surface area contributed by atoms with Gasteiger partial charge in [-0.05, 0) is 36.6 Å². The van der Waals surface area contributed by atoms with E-state index in [1.807, 2.05) is 59.3 Å². The summed E-state index contributed by atoms with van der Waals surface area (Å²) in [5.74, 6) is 0.299. The molecule has 0 bridgehead atoms. The molecule has 5 rings (SSSR count). The van der Waals surface area contributed by atoms with Crippen LogP contribution in [0.3, 0.4) is 0 Å². The number of hydrogen-bond acceptors (Lipinski definition) is 2.